The summed E-state index contributed by atoms with van der Waals surface area (Å²) >= 11 is 0. The summed E-state index contributed by atoms with van der Waals surface area (Å²) < 4.78 is 5.35. The van der Waals surface area contributed by atoms with Crippen LogP contribution >= 0.6 is 0 Å². The largest absolute Gasteiger partial charge is 0.356 e. The quantitative estimate of drug-likeness (QED) is 0.776. The van der Waals surface area contributed by atoms with Crippen molar-refractivity contribution in [1.29, 1.82) is 0 Å². The maximum Gasteiger partial charge on any atom is 0.223 e. The maximum absolute atomic E-state index is 5.35. The van der Waals surface area contributed by atoms with Crippen molar-refractivity contribution in [2.45, 2.75) is 33.2 Å². The van der Waals surface area contributed by atoms with Gasteiger partial charge in [0.25, 0.3) is 0 Å². The Kier molecular flexibility index (Phi) is 4.32. The Hall–Kier alpha value is -2.76. The van der Waals surface area contributed by atoms with Gasteiger partial charge in [0.05, 0.1) is 17.0 Å². The lowest BCUT2D eigenvalue weighted by Crippen LogP contribution is -2.07. The summed E-state index contributed by atoms with van der Waals surface area (Å²) in [5.41, 5.74) is 3.74. The zero-order chi connectivity index (χ0) is 16.2. The molecular weight excluding hydrogens is 290 g/mol. The first kappa shape index (κ1) is 15.1. The van der Waals surface area contributed by atoms with Crippen molar-refractivity contribution >= 4 is 5.95 Å². The lowest BCUT2D eigenvalue weighted by Gasteiger charge is -2.12. The van der Waals surface area contributed by atoms with Gasteiger partial charge in [-0.15, -0.1) is 0 Å². The molecule has 0 bridgehead atoms. The van der Waals surface area contributed by atoms with Crippen molar-refractivity contribution in [2.24, 2.45) is 0 Å². The third kappa shape index (κ3) is 3.53. The van der Waals surface area contributed by atoms with E-state index in [1.165, 1.54) is 0 Å². The van der Waals surface area contributed by atoms with Crippen LogP contribution < -0.4 is 5.32 Å². The van der Waals surface area contributed by atoms with Crippen molar-refractivity contribution in [1.82, 2.24) is 20.1 Å². The van der Waals surface area contributed by atoms with E-state index in [4.69, 9.17) is 4.52 Å². The van der Waals surface area contributed by atoms with Crippen LogP contribution in [0.5, 0.6) is 0 Å². The molecule has 0 fully saturated rings. The van der Waals surface area contributed by atoms with Gasteiger partial charge in [-0.25, -0.2) is 9.97 Å². The van der Waals surface area contributed by atoms with Crippen LogP contribution in [0.1, 0.15) is 36.7 Å². The Balaban J connectivity index is 1.84. The van der Waals surface area contributed by atoms with E-state index in [1.54, 1.807) is 12.4 Å². The van der Waals surface area contributed by atoms with E-state index in [-0.39, 0.29) is 5.92 Å². The highest BCUT2D eigenvalue weighted by Gasteiger charge is 2.16. The summed E-state index contributed by atoms with van der Waals surface area (Å²) in [6.45, 7) is 6.72. The van der Waals surface area contributed by atoms with Crippen molar-refractivity contribution in [3.63, 3.8) is 0 Å². The molecule has 0 amide bonds. The lowest BCUT2D eigenvalue weighted by molar-refractivity contribution is 0.426. The van der Waals surface area contributed by atoms with Gasteiger partial charge in [0.1, 0.15) is 0 Å². The molecule has 3 aromatic rings. The third-order valence-corrected chi connectivity index (χ3v) is 3.43. The van der Waals surface area contributed by atoms with Gasteiger partial charge in [-0.3, -0.25) is 4.98 Å². The number of rotatable bonds is 5. The second-order valence-electron chi connectivity index (χ2n) is 5.69. The Bertz CT molecular complexity index is 783. The highest BCUT2D eigenvalue weighted by molar-refractivity contribution is 5.61. The smallest absolute Gasteiger partial charge is 0.223 e. The molecule has 3 rings (SSSR count). The topological polar surface area (TPSA) is 76.7 Å². The molecule has 0 aliphatic carbocycles. The number of aromatic nitrogens is 4. The first-order chi connectivity index (χ1) is 11.1. The number of aryl methyl sites for hydroxylation is 1. The predicted molar refractivity (Wildman–Crippen MR) is 87.9 cm³/mol. The molecule has 0 saturated carbocycles. The Morgan fingerprint density at radius 3 is 2.78 bits per heavy atom. The van der Waals surface area contributed by atoms with Crippen LogP contribution in [0.25, 0.3) is 11.3 Å². The second-order valence-corrected chi connectivity index (χ2v) is 5.69. The number of nitrogens with one attached hydrogen (secondary N) is 1. The summed E-state index contributed by atoms with van der Waals surface area (Å²) in [7, 11) is 0. The van der Waals surface area contributed by atoms with E-state index < -0.39 is 0 Å². The molecule has 0 aliphatic rings. The van der Waals surface area contributed by atoms with Crippen molar-refractivity contribution < 1.29 is 4.52 Å². The van der Waals surface area contributed by atoms with Crippen molar-refractivity contribution in [3.05, 3.63) is 53.7 Å². The van der Waals surface area contributed by atoms with E-state index in [2.05, 4.69) is 39.3 Å². The summed E-state index contributed by atoms with van der Waals surface area (Å²) in [5.74, 6) is 1.54. The molecule has 0 radical (unpaired) electrons. The van der Waals surface area contributed by atoms with E-state index in [9.17, 15) is 0 Å². The standard InChI is InChI=1S/C17H19N5O/c1-11(2)16-14(15-7-12(3)22-23-15)10-20-17(21-16)19-9-13-5-4-6-18-8-13/h4-8,10-11H,9H2,1-3H3,(H,19,20,21). The zero-order valence-electron chi connectivity index (χ0n) is 13.4. The molecule has 1 N–H and O–H groups in total. The predicted octanol–water partition coefficient (Wildman–Crippen LogP) is 3.57. The fraction of sp³-hybridized carbons (Fsp3) is 0.294. The van der Waals surface area contributed by atoms with Gasteiger partial charge in [-0.2, -0.15) is 0 Å². The average molecular weight is 309 g/mol. The highest BCUT2D eigenvalue weighted by atomic mass is 16.5. The first-order valence-corrected chi connectivity index (χ1v) is 7.57. The summed E-state index contributed by atoms with van der Waals surface area (Å²) in [6, 6.07) is 5.81. The molecule has 0 aromatic carbocycles. The lowest BCUT2D eigenvalue weighted by atomic mass is 10.0. The van der Waals surface area contributed by atoms with Crippen LogP contribution in [0.15, 0.2) is 41.3 Å². The van der Waals surface area contributed by atoms with Gasteiger partial charge in [-0.05, 0) is 24.5 Å². The van der Waals surface area contributed by atoms with Gasteiger partial charge < -0.3 is 9.84 Å². The van der Waals surface area contributed by atoms with E-state index in [0.29, 0.717) is 18.3 Å². The van der Waals surface area contributed by atoms with E-state index in [1.807, 2.05) is 31.3 Å². The van der Waals surface area contributed by atoms with E-state index >= 15 is 0 Å². The average Bonchev–Trinajstić information content (AvgIpc) is 3.00. The Labute approximate surface area is 135 Å². The minimum atomic E-state index is 0.248. The maximum atomic E-state index is 5.35. The van der Waals surface area contributed by atoms with Crippen LogP contribution in [0, 0.1) is 6.92 Å². The van der Waals surface area contributed by atoms with Gasteiger partial charge in [0, 0.05) is 31.2 Å². The van der Waals surface area contributed by atoms with E-state index in [0.717, 1.165) is 22.5 Å². The molecule has 0 saturated heterocycles. The van der Waals surface area contributed by atoms with Crippen LogP contribution in [0.2, 0.25) is 0 Å². The first-order valence-electron chi connectivity index (χ1n) is 7.57. The fourth-order valence-corrected chi connectivity index (χ4v) is 2.28. The molecule has 6 heteroatoms. The molecule has 0 atom stereocenters. The number of nitrogens with zero attached hydrogens (tertiary/aromatic N) is 4. The number of hydrogen-bond acceptors (Lipinski definition) is 6. The molecule has 3 heterocycles. The fourth-order valence-electron chi connectivity index (χ4n) is 2.28. The normalized spacial score (nSPS) is 11.0. The van der Waals surface area contributed by atoms with Crippen LogP contribution in [-0.2, 0) is 6.54 Å². The number of pyridine rings is 1. The molecule has 0 unspecified atom stereocenters. The molecule has 3 aromatic heterocycles. The zero-order valence-corrected chi connectivity index (χ0v) is 13.4. The third-order valence-electron chi connectivity index (χ3n) is 3.43. The minimum Gasteiger partial charge on any atom is -0.356 e. The van der Waals surface area contributed by atoms with Crippen LogP contribution in [0.3, 0.4) is 0 Å². The highest BCUT2D eigenvalue weighted by Crippen LogP contribution is 2.28. The number of anilines is 1. The second kappa shape index (κ2) is 6.56. The van der Waals surface area contributed by atoms with Crippen LogP contribution in [0.4, 0.5) is 5.95 Å². The summed E-state index contributed by atoms with van der Waals surface area (Å²) in [5, 5.41) is 7.17. The Morgan fingerprint density at radius 2 is 2.13 bits per heavy atom. The molecule has 6 nitrogen and oxygen atoms in total. The monoisotopic (exact) mass is 309 g/mol. The molecule has 118 valence electrons. The van der Waals surface area contributed by atoms with Gasteiger partial charge >= 0.3 is 0 Å². The molecule has 0 aliphatic heterocycles. The van der Waals surface area contributed by atoms with Crippen molar-refractivity contribution in [2.75, 3.05) is 5.32 Å². The minimum absolute atomic E-state index is 0.248. The number of hydrogen-bond donors (Lipinski definition) is 1. The van der Waals surface area contributed by atoms with Gasteiger partial charge in [0.15, 0.2) is 5.76 Å². The van der Waals surface area contributed by atoms with Gasteiger partial charge in [0.2, 0.25) is 5.95 Å². The summed E-state index contributed by atoms with van der Waals surface area (Å²) in [4.78, 5) is 13.1. The van der Waals surface area contributed by atoms with Gasteiger partial charge in [-0.1, -0.05) is 25.1 Å². The Morgan fingerprint density at radius 1 is 1.26 bits per heavy atom. The molecular formula is C17H19N5O. The molecule has 0 spiro atoms. The van der Waals surface area contributed by atoms with Crippen LogP contribution in [-0.4, -0.2) is 20.1 Å². The SMILES string of the molecule is Cc1cc(-c2cnc(NCc3cccnc3)nc2C(C)C)on1. The van der Waals surface area contributed by atoms with Crippen molar-refractivity contribution in [3.8, 4) is 11.3 Å². The molecule has 23 heavy (non-hydrogen) atoms. The summed E-state index contributed by atoms with van der Waals surface area (Å²) in [6.07, 6.45) is 5.36.